The molecule has 0 radical (unpaired) electrons. The highest BCUT2D eigenvalue weighted by Crippen LogP contribution is 2.17. The van der Waals surface area contributed by atoms with Crippen LogP contribution in [0.4, 0.5) is 10.5 Å². The number of esters is 1. The lowest BCUT2D eigenvalue weighted by molar-refractivity contribution is 0.0600. The van der Waals surface area contributed by atoms with Crippen LogP contribution in [-0.2, 0) is 4.74 Å². The lowest BCUT2D eigenvalue weighted by Gasteiger charge is -2.16. The average Bonchev–Trinajstić information content (AvgIpc) is 2.75. The zero-order chi connectivity index (χ0) is 15.1. The fraction of sp³-hybridized carbons (Fsp3) is 0.500. The third-order valence-electron chi connectivity index (χ3n) is 3.73. The van der Waals surface area contributed by atoms with E-state index >= 15 is 0 Å². The molecule has 21 heavy (non-hydrogen) atoms. The van der Waals surface area contributed by atoms with E-state index in [9.17, 15) is 9.59 Å². The highest BCUT2D eigenvalue weighted by Gasteiger charge is 2.15. The minimum atomic E-state index is -0.414. The van der Waals surface area contributed by atoms with E-state index in [1.54, 1.807) is 24.3 Å². The lowest BCUT2D eigenvalue weighted by Crippen LogP contribution is -2.37. The summed E-state index contributed by atoms with van der Waals surface area (Å²) < 4.78 is 4.66. The van der Waals surface area contributed by atoms with Crippen LogP contribution in [-0.4, -0.2) is 25.2 Å². The van der Waals surface area contributed by atoms with E-state index in [0.717, 1.165) is 12.8 Å². The number of ether oxygens (including phenoxy) is 1. The Bertz CT molecular complexity index is 494. The second-order valence-electron chi connectivity index (χ2n) is 5.36. The quantitative estimate of drug-likeness (QED) is 0.663. The Labute approximate surface area is 125 Å². The Morgan fingerprint density at radius 2 is 1.86 bits per heavy atom. The minimum Gasteiger partial charge on any atom is -0.465 e. The van der Waals surface area contributed by atoms with Gasteiger partial charge in [-0.05, 0) is 31.0 Å². The molecule has 1 aliphatic carbocycles. The molecular weight excluding hydrogens is 268 g/mol. The molecule has 0 aliphatic heterocycles. The maximum atomic E-state index is 12.0. The molecule has 0 bridgehead atoms. The van der Waals surface area contributed by atoms with E-state index in [4.69, 9.17) is 0 Å². The highest BCUT2D eigenvalue weighted by atomic mass is 16.5. The number of carbonyl (C=O) groups excluding carboxylic acids is 2. The van der Waals surface area contributed by atoms with Gasteiger partial charge in [0.05, 0.1) is 12.7 Å². The van der Waals surface area contributed by atoms with Gasteiger partial charge in [-0.1, -0.05) is 31.7 Å². The number of amides is 2. The van der Waals surface area contributed by atoms with Crippen molar-refractivity contribution in [3.05, 3.63) is 29.8 Å². The molecule has 0 unspecified atom stereocenters. The van der Waals surface area contributed by atoms with Gasteiger partial charge in [0.15, 0.2) is 0 Å². The summed E-state index contributed by atoms with van der Waals surface area (Å²) in [4.78, 5) is 23.5. The van der Waals surface area contributed by atoms with E-state index < -0.39 is 5.97 Å². The van der Waals surface area contributed by atoms with Gasteiger partial charge in [-0.3, -0.25) is 0 Å². The fourth-order valence-electron chi connectivity index (χ4n) is 2.62. The van der Waals surface area contributed by atoms with E-state index in [1.165, 1.54) is 32.8 Å². The largest absolute Gasteiger partial charge is 0.465 e. The fourth-order valence-corrected chi connectivity index (χ4v) is 2.62. The first-order valence-electron chi connectivity index (χ1n) is 7.45. The molecule has 2 N–H and O–H groups in total. The second kappa shape index (κ2) is 7.67. The Kier molecular flexibility index (Phi) is 5.60. The molecule has 0 atom stereocenters. The predicted octanol–water partition coefficient (Wildman–Crippen LogP) is 3.32. The van der Waals surface area contributed by atoms with Gasteiger partial charge in [0.1, 0.15) is 0 Å². The van der Waals surface area contributed by atoms with Crippen molar-refractivity contribution in [3.8, 4) is 0 Å². The molecule has 2 rings (SSSR count). The number of anilines is 1. The van der Waals surface area contributed by atoms with Crippen molar-refractivity contribution >= 4 is 17.7 Å². The summed E-state index contributed by atoms with van der Waals surface area (Å²) in [6.45, 7) is 0. The Balaban J connectivity index is 1.91. The van der Waals surface area contributed by atoms with Gasteiger partial charge in [-0.2, -0.15) is 0 Å². The minimum absolute atomic E-state index is 0.219. The van der Waals surface area contributed by atoms with Crippen LogP contribution in [0.25, 0.3) is 0 Å². The van der Waals surface area contributed by atoms with Crippen molar-refractivity contribution in [1.29, 1.82) is 0 Å². The summed E-state index contributed by atoms with van der Waals surface area (Å²) >= 11 is 0. The molecule has 5 nitrogen and oxygen atoms in total. The van der Waals surface area contributed by atoms with E-state index in [2.05, 4.69) is 15.4 Å². The monoisotopic (exact) mass is 290 g/mol. The van der Waals surface area contributed by atoms with Crippen LogP contribution in [0.15, 0.2) is 24.3 Å². The lowest BCUT2D eigenvalue weighted by atomic mass is 10.1. The first-order valence-corrected chi connectivity index (χ1v) is 7.45. The van der Waals surface area contributed by atoms with Gasteiger partial charge in [0, 0.05) is 11.7 Å². The number of methoxy groups -OCH3 is 1. The van der Waals surface area contributed by atoms with Gasteiger partial charge in [-0.15, -0.1) is 0 Å². The summed E-state index contributed by atoms with van der Waals surface area (Å²) in [6.07, 6.45) is 6.92. The molecule has 2 amide bonds. The Morgan fingerprint density at radius 1 is 1.14 bits per heavy atom. The van der Waals surface area contributed by atoms with Crippen LogP contribution < -0.4 is 10.6 Å². The van der Waals surface area contributed by atoms with Crippen molar-refractivity contribution in [2.24, 2.45) is 0 Å². The molecule has 0 saturated heterocycles. The van der Waals surface area contributed by atoms with E-state index in [-0.39, 0.29) is 12.1 Å². The standard InChI is InChI=1S/C16H22N2O3/c1-21-15(19)12-7-6-10-14(11-12)18-16(20)17-13-8-4-2-3-5-9-13/h6-7,10-11,13H,2-5,8-9H2,1H3,(H2,17,18,20). The third-order valence-corrected chi connectivity index (χ3v) is 3.73. The normalized spacial score (nSPS) is 15.9. The van der Waals surface area contributed by atoms with Crippen LogP contribution in [0.2, 0.25) is 0 Å². The molecule has 5 heteroatoms. The molecule has 1 fully saturated rings. The number of nitrogens with one attached hydrogen (secondary N) is 2. The van der Waals surface area contributed by atoms with Gasteiger partial charge >= 0.3 is 12.0 Å². The van der Waals surface area contributed by atoms with Gasteiger partial charge in [0.2, 0.25) is 0 Å². The predicted molar refractivity (Wildman–Crippen MR) is 81.4 cm³/mol. The van der Waals surface area contributed by atoms with Gasteiger partial charge in [-0.25, -0.2) is 9.59 Å². The van der Waals surface area contributed by atoms with Crippen molar-refractivity contribution in [2.75, 3.05) is 12.4 Å². The summed E-state index contributed by atoms with van der Waals surface area (Å²) in [5.41, 5.74) is 1.01. The molecule has 114 valence electrons. The summed E-state index contributed by atoms with van der Waals surface area (Å²) in [5, 5.41) is 5.77. The zero-order valence-corrected chi connectivity index (χ0v) is 12.4. The van der Waals surface area contributed by atoms with Crippen molar-refractivity contribution < 1.29 is 14.3 Å². The number of hydrogen-bond acceptors (Lipinski definition) is 3. The first-order chi connectivity index (χ1) is 10.2. The Morgan fingerprint density at radius 3 is 2.52 bits per heavy atom. The summed E-state index contributed by atoms with van der Waals surface area (Å²) in [6, 6.07) is 6.76. The molecule has 1 aromatic rings. The number of rotatable bonds is 3. The highest BCUT2D eigenvalue weighted by molar-refractivity contribution is 5.93. The summed E-state index contributed by atoms with van der Waals surface area (Å²) in [5.74, 6) is -0.414. The van der Waals surface area contributed by atoms with Crippen LogP contribution in [0.1, 0.15) is 48.9 Å². The van der Waals surface area contributed by atoms with Crippen LogP contribution in [0.5, 0.6) is 0 Å². The van der Waals surface area contributed by atoms with E-state index in [0.29, 0.717) is 11.3 Å². The van der Waals surface area contributed by atoms with E-state index in [1.807, 2.05) is 0 Å². The maximum absolute atomic E-state index is 12.0. The molecule has 0 spiro atoms. The molecule has 1 aliphatic rings. The molecule has 0 aromatic heterocycles. The number of benzene rings is 1. The third kappa shape index (κ3) is 4.77. The van der Waals surface area contributed by atoms with Gasteiger partial charge < -0.3 is 15.4 Å². The second-order valence-corrected chi connectivity index (χ2v) is 5.36. The molecule has 0 heterocycles. The molecular formula is C16H22N2O3. The average molecular weight is 290 g/mol. The van der Waals surface area contributed by atoms with Crippen molar-refractivity contribution in [3.63, 3.8) is 0 Å². The number of hydrogen-bond donors (Lipinski definition) is 2. The maximum Gasteiger partial charge on any atom is 0.337 e. The SMILES string of the molecule is COC(=O)c1cccc(NC(=O)NC2CCCCCC2)c1. The van der Waals surface area contributed by atoms with Crippen LogP contribution in [0, 0.1) is 0 Å². The topological polar surface area (TPSA) is 67.4 Å². The molecule has 1 aromatic carbocycles. The van der Waals surface area contributed by atoms with Crippen molar-refractivity contribution in [2.45, 2.75) is 44.6 Å². The van der Waals surface area contributed by atoms with Gasteiger partial charge in [0.25, 0.3) is 0 Å². The number of carbonyl (C=O) groups is 2. The van der Waals surface area contributed by atoms with Crippen molar-refractivity contribution in [1.82, 2.24) is 5.32 Å². The van der Waals surface area contributed by atoms with Crippen LogP contribution >= 0.6 is 0 Å². The zero-order valence-electron chi connectivity index (χ0n) is 12.4. The first kappa shape index (κ1) is 15.4. The summed E-state index contributed by atoms with van der Waals surface area (Å²) in [7, 11) is 1.33. The van der Waals surface area contributed by atoms with Crippen LogP contribution in [0.3, 0.4) is 0 Å². The molecule has 1 saturated carbocycles. The smallest absolute Gasteiger partial charge is 0.337 e. The Hall–Kier alpha value is -2.04. The number of urea groups is 1.